The molecule has 7 nitrogen and oxygen atoms in total. The lowest BCUT2D eigenvalue weighted by Crippen LogP contribution is -2.70. The van der Waals surface area contributed by atoms with E-state index in [0.29, 0.717) is 24.5 Å². The maximum absolute atomic E-state index is 13.0. The number of carbonyl (C=O) groups excluding carboxylic acids is 3. The molecule has 2 aromatic rings. The third-order valence-electron chi connectivity index (χ3n) is 5.72. The molecule has 1 unspecified atom stereocenters. The van der Waals surface area contributed by atoms with Crippen molar-refractivity contribution in [1.82, 2.24) is 5.32 Å². The van der Waals surface area contributed by atoms with Crippen LogP contribution in [-0.4, -0.2) is 49.5 Å². The third-order valence-corrected chi connectivity index (χ3v) is 5.72. The number of hydrogen-bond donors (Lipinski definition) is 1. The maximum Gasteiger partial charge on any atom is 0.252 e. The highest BCUT2D eigenvalue weighted by atomic mass is 16.5. The SMILES string of the molecule is COc1ccc(N2C(=O)[C@H](NC(=O)Cc3ccccc3)[C@H]2C=CC(=O)C2CCCO2)cc1. The Balaban J connectivity index is 1.50. The molecule has 0 saturated carbocycles. The fraction of sp³-hybridized carbons (Fsp3) is 0.320. The van der Waals surface area contributed by atoms with E-state index in [1.54, 1.807) is 42.4 Å². The van der Waals surface area contributed by atoms with Gasteiger partial charge in [0.15, 0.2) is 5.78 Å². The van der Waals surface area contributed by atoms with Gasteiger partial charge in [-0.15, -0.1) is 0 Å². The molecule has 0 spiro atoms. The fourth-order valence-corrected chi connectivity index (χ4v) is 4.00. The number of methoxy groups -OCH3 is 1. The molecule has 0 aromatic heterocycles. The molecule has 3 atom stereocenters. The molecule has 2 saturated heterocycles. The van der Waals surface area contributed by atoms with Crippen LogP contribution in [0.25, 0.3) is 0 Å². The van der Waals surface area contributed by atoms with Crippen molar-refractivity contribution >= 4 is 23.3 Å². The average molecular weight is 434 g/mol. The summed E-state index contributed by atoms with van der Waals surface area (Å²) in [5, 5.41) is 2.83. The van der Waals surface area contributed by atoms with Gasteiger partial charge in [0.05, 0.1) is 19.6 Å². The van der Waals surface area contributed by atoms with Gasteiger partial charge in [0.2, 0.25) is 5.91 Å². The number of hydrogen-bond acceptors (Lipinski definition) is 5. The van der Waals surface area contributed by atoms with Gasteiger partial charge in [-0.05, 0) is 48.7 Å². The Hall–Kier alpha value is -3.45. The second kappa shape index (κ2) is 9.78. The summed E-state index contributed by atoms with van der Waals surface area (Å²) in [6, 6.07) is 15.2. The van der Waals surface area contributed by atoms with Gasteiger partial charge in [-0.1, -0.05) is 36.4 Å². The average Bonchev–Trinajstić information content (AvgIpc) is 3.36. The van der Waals surface area contributed by atoms with Gasteiger partial charge in [-0.25, -0.2) is 0 Å². The van der Waals surface area contributed by atoms with Crippen LogP contribution in [0.3, 0.4) is 0 Å². The lowest BCUT2D eigenvalue weighted by molar-refractivity contribution is -0.131. The molecule has 7 heteroatoms. The highest BCUT2D eigenvalue weighted by Crippen LogP contribution is 2.31. The number of β-lactam (4-membered cyclic amide) rings is 1. The quantitative estimate of drug-likeness (QED) is 0.510. The summed E-state index contributed by atoms with van der Waals surface area (Å²) >= 11 is 0. The van der Waals surface area contributed by atoms with E-state index in [-0.39, 0.29) is 24.0 Å². The Bertz CT molecular complexity index is 997. The summed E-state index contributed by atoms with van der Waals surface area (Å²) in [5.41, 5.74) is 1.54. The minimum atomic E-state index is -0.734. The Morgan fingerprint density at radius 3 is 2.56 bits per heavy atom. The van der Waals surface area contributed by atoms with Crippen LogP contribution in [0.2, 0.25) is 0 Å². The van der Waals surface area contributed by atoms with Crippen LogP contribution in [0, 0.1) is 0 Å². The Labute approximate surface area is 187 Å². The van der Waals surface area contributed by atoms with Gasteiger partial charge < -0.3 is 19.7 Å². The summed E-state index contributed by atoms with van der Waals surface area (Å²) in [6.07, 6.45) is 4.47. The van der Waals surface area contributed by atoms with Crippen LogP contribution in [0.1, 0.15) is 18.4 Å². The second-order valence-electron chi connectivity index (χ2n) is 7.87. The number of ether oxygens (including phenoxy) is 2. The standard InChI is InChI=1S/C25H26N2O5/c1-31-19-11-9-18(10-12-19)27-20(13-14-21(28)22-8-5-15-32-22)24(25(27)30)26-23(29)16-17-6-3-2-4-7-17/h2-4,6-7,9-14,20,22,24H,5,8,15-16H2,1H3,(H,26,29)/t20-,22?,24-/m1/s1. The minimum absolute atomic E-state index is 0.120. The van der Waals surface area contributed by atoms with Crippen LogP contribution in [0.15, 0.2) is 66.7 Å². The number of nitrogens with zero attached hydrogens (tertiary/aromatic N) is 1. The second-order valence-corrected chi connectivity index (χ2v) is 7.87. The topological polar surface area (TPSA) is 84.9 Å². The lowest BCUT2D eigenvalue weighted by Gasteiger charge is -2.45. The Kier molecular flexibility index (Phi) is 6.66. The zero-order chi connectivity index (χ0) is 22.5. The van der Waals surface area contributed by atoms with Crippen molar-refractivity contribution in [2.24, 2.45) is 0 Å². The molecule has 1 N–H and O–H groups in total. The molecule has 0 aliphatic carbocycles. The van der Waals surface area contributed by atoms with Gasteiger partial charge >= 0.3 is 0 Å². The summed E-state index contributed by atoms with van der Waals surface area (Å²) < 4.78 is 10.6. The molecule has 2 amide bonds. The predicted molar refractivity (Wildman–Crippen MR) is 119 cm³/mol. The first-order chi connectivity index (χ1) is 15.6. The van der Waals surface area contributed by atoms with E-state index in [1.807, 2.05) is 30.3 Å². The highest BCUT2D eigenvalue weighted by molar-refractivity contribution is 6.08. The molecule has 166 valence electrons. The molecule has 2 aliphatic rings. The number of ketones is 1. The van der Waals surface area contributed by atoms with Crippen molar-refractivity contribution in [3.63, 3.8) is 0 Å². The number of benzene rings is 2. The van der Waals surface area contributed by atoms with Gasteiger partial charge in [-0.3, -0.25) is 14.4 Å². The van der Waals surface area contributed by atoms with E-state index in [4.69, 9.17) is 9.47 Å². The monoisotopic (exact) mass is 434 g/mol. The number of rotatable bonds is 8. The van der Waals surface area contributed by atoms with Gasteiger partial charge in [0.1, 0.15) is 17.9 Å². The number of nitrogens with one attached hydrogen (secondary N) is 1. The molecular weight excluding hydrogens is 408 g/mol. The molecule has 4 rings (SSSR count). The number of amides is 2. The molecule has 2 aliphatic heterocycles. The first-order valence-electron chi connectivity index (χ1n) is 10.7. The van der Waals surface area contributed by atoms with E-state index in [0.717, 1.165) is 12.0 Å². The Morgan fingerprint density at radius 2 is 1.91 bits per heavy atom. The molecule has 2 fully saturated rings. The summed E-state index contributed by atoms with van der Waals surface area (Å²) in [7, 11) is 1.57. The van der Waals surface area contributed by atoms with Crippen molar-refractivity contribution in [3.8, 4) is 5.75 Å². The zero-order valence-electron chi connectivity index (χ0n) is 17.9. The van der Waals surface area contributed by atoms with Crippen LogP contribution >= 0.6 is 0 Å². The van der Waals surface area contributed by atoms with Gasteiger partial charge in [0.25, 0.3) is 5.91 Å². The largest absolute Gasteiger partial charge is 0.497 e. The van der Waals surface area contributed by atoms with Crippen molar-refractivity contribution in [2.45, 2.75) is 37.5 Å². The van der Waals surface area contributed by atoms with Crippen LogP contribution in [-0.2, 0) is 25.5 Å². The molecule has 2 heterocycles. The third kappa shape index (κ3) is 4.73. The fourth-order valence-electron chi connectivity index (χ4n) is 4.00. The normalized spacial score (nSPS) is 22.6. The summed E-state index contributed by atoms with van der Waals surface area (Å²) in [4.78, 5) is 39.5. The first-order valence-corrected chi connectivity index (χ1v) is 10.7. The van der Waals surface area contributed by atoms with Gasteiger partial charge in [0, 0.05) is 12.3 Å². The highest BCUT2D eigenvalue weighted by Gasteiger charge is 2.47. The Morgan fingerprint density at radius 1 is 1.16 bits per heavy atom. The molecule has 2 aromatic carbocycles. The predicted octanol–water partition coefficient (Wildman–Crippen LogP) is 2.44. The van der Waals surface area contributed by atoms with E-state index >= 15 is 0 Å². The van der Waals surface area contributed by atoms with E-state index in [2.05, 4.69) is 5.32 Å². The van der Waals surface area contributed by atoms with E-state index < -0.39 is 18.2 Å². The lowest BCUT2D eigenvalue weighted by atomic mass is 9.92. The zero-order valence-corrected chi connectivity index (χ0v) is 17.9. The smallest absolute Gasteiger partial charge is 0.252 e. The van der Waals surface area contributed by atoms with Crippen molar-refractivity contribution in [1.29, 1.82) is 0 Å². The summed E-state index contributed by atoms with van der Waals surface area (Å²) in [6.45, 7) is 0.586. The first kappa shape index (κ1) is 21.8. The van der Waals surface area contributed by atoms with Crippen molar-refractivity contribution in [3.05, 3.63) is 72.3 Å². The van der Waals surface area contributed by atoms with Crippen LogP contribution in [0.5, 0.6) is 5.75 Å². The van der Waals surface area contributed by atoms with Crippen molar-refractivity contribution < 1.29 is 23.9 Å². The van der Waals surface area contributed by atoms with Crippen LogP contribution in [0.4, 0.5) is 5.69 Å². The van der Waals surface area contributed by atoms with E-state index in [1.165, 1.54) is 6.08 Å². The number of anilines is 1. The van der Waals surface area contributed by atoms with Gasteiger partial charge in [-0.2, -0.15) is 0 Å². The van der Waals surface area contributed by atoms with Crippen molar-refractivity contribution in [2.75, 3.05) is 18.6 Å². The molecule has 0 radical (unpaired) electrons. The minimum Gasteiger partial charge on any atom is -0.497 e. The molecule has 32 heavy (non-hydrogen) atoms. The van der Waals surface area contributed by atoms with E-state index in [9.17, 15) is 14.4 Å². The molecule has 0 bridgehead atoms. The number of carbonyl (C=O) groups is 3. The molecular formula is C25H26N2O5. The maximum atomic E-state index is 13.0. The summed E-state index contributed by atoms with van der Waals surface area (Å²) in [5.74, 6) is 0.0876. The van der Waals surface area contributed by atoms with Crippen LogP contribution < -0.4 is 15.0 Å².